The molecule has 0 saturated heterocycles. The summed E-state index contributed by atoms with van der Waals surface area (Å²) in [6, 6.07) is 10.4. The van der Waals surface area contributed by atoms with Gasteiger partial charge in [-0.05, 0) is 49.7 Å². The third-order valence-electron chi connectivity index (χ3n) is 3.95. The summed E-state index contributed by atoms with van der Waals surface area (Å²) in [6.07, 6.45) is 0.966. The van der Waals surface area contributed by atoms with Gasteiger partial charge in [0.15, 0.2) is 0 Å². The van der Waals surface area contributed by atoms with Crippen LogP contribution < -0.4 is 14.4 Å². The van der Waals surface area contributed by atoms with Crippen LogP contribution in [0.3, 0.4) is 0 Å². The van der Waals surface area contributed by atoms with Crippen molar-refractivity contribution in [2.24, 2.45) is 0 Å². The van der Waals surface area contributed by atoms with E-state index in [0.29, 0.717) is 6.61 Å². The molecule has 0 aliphatic heterocycles. The predicted molar refractivity (Wildman–Crippen MR) is 108 cm³/mol. The normalized spacial score (nSPS) is 12.3. The number of anilines is 1. The van der Waals surface area contributed by atoms with Gasteiger partial charge >= 0.3 is 0 Å². The molecule has 0 spiro atoms. The van der Waals surface area contributed by atoms with E-state index in [9.17, 15) is 17.6 Å². The highest BCUT2D eigenvalue weighted by Gasteiger charge is 2.22. The highest BCUT2D eigenvalue weighted by atomic mass is 35.5. The summed E-state index contributed by atoms with van der Waals surface area (Å²) >= 11 is 5.74. The lowest BCUT2D eigenvalue weighted by Gasteiger charge is -2.23. The van der Waals surface area contributed by atoms with Crippen LogP contribution in [0.4, 0.5) is 10.1 Å². The smallest absolute Gasteiger partial charge is 0.241 e. The van der Waals surface area contributed by atoms with Crippen molar-refractivity contribution in [1.82, 2.24) is 5.32 Å². The van der Waals surface area contributed by atoms with Crippen molar-refractivity contribution in [2.75, 3.05) is 23.7 Å². The molecule has 1 N–H and O–H groups in total. The zero-order valence-electron chi connectivity index (χ0n) is 15.8. The Kier molecular flexibility index (Phi) is 7.26. The number of nitrogens with zero attached hydrogens (tertiary/aromatic N) is 1. The van der Waals surface area contributed by atoms with Crippen molar-refractivity contribution in [3.05, 3.63) is 58.9 Å². The summed E-state index contributed by atoms with van der Waals surface area (Å²) in [7, 11) is -3.78. The average molecular weight is 429 g/mol. The molecule has 0 bridgehead atoms. The molecular weight excluding hydrogens is 407 g/mol. The second kappa shape index (κ2) is 9.25. The molecule has 0 unspecified atom stereocenters. The quantitative estimate of drug-likeness (QED) is 0.698. The Hall–Kier alpha value is -2.32. The van der Waals surface area contributed by atoms with Crippen LogP contribution in [0.25, 0.3) is 0 Å². The van der Waals surface area contributed by atoms with Gasteiger partial charge in [-0.2, -0.15) is 0 Å². The number of nitrogens with one attached hydrogen (secondary N) is 1. The molecule has 6 nitrogen and oxygen atoms in total. The zero-order chi connectivity index (χ0) is 20.9. The Morgan fingerprint density at radius 1 is 1.25 bits per heavy atom. The lowest BCUT2D eigenvalue weighted by molar-refractivity contribution is -0.120. The molecule has 0 radical (unpaired) electrons. The number of ether oxygens (including phenoxy) is 1. The fourth-order valence-electron chi connectivity index (χ4n) is 2.56. The zero-order valence-corrected chi connectivity index (χ0v) is 17.3. The summed E-state index contributed by atoms with van der Waals surface area (Å²) in [5.74, 6) is -0.457. The minimum absolute atomic E-state index is 0.109. The van der Waals surface area contributed by atoms with Gasteiger partial charge in [0.25, 0.3) is 0 Å². The Balaban J connectivity index is 2.12. The first-order valence-corrected chi connectivity index (χ1v) is 10.8. The highest BCUT2D eigenvalue weighted by molar-refractivity contribution is 7.92. The first kappa shape index (κ1) is 22.0. The fraction of sp³-hybridized carbons (Fsp3) is 0.316. The van der Waals surface area contributed by atoms with E-state index in [1.54, 1.807) is 19.1 Å². The molecule has 0 aliphatic rings. The van der Waals surface area contributed by atoms with E-state index in [1.807, 2.05) is 19.1 Å². The molecule has 2 aromatic rings. The molecule has 0 aromatic heterocycles. The third-order valence-corrected chi connectivity index (χ3v) is 5.38. The summed E-state index contributed by atoms with van der Waals surface area (Å²) in [4.78, 5) is 12.4. The lowest BCUT2D eigenvalue weighted by atomic mass is 10.1. The number of carbonyl (C=O) groups is 1. The topological polar surface area (TPSA) is 75.7 Å². The standard InChI is InChI=1S/C19H22ClFN2O4S/c1-4-27-16-8-5-14(6-9-16)13(2)22-19(24)12-23(28(3,25)26)15-7-10-18(21)17(20)11-15/h5-11,13H,4,12H2,1-3H3,(H,22,24)/t13-/m0/s1. The molecule has 2 rings (SSSR count). The monoisotopic (exact) mass is 428 g/mol. The van der Waals surface area contributed by atoms with Gasteiger partial charge in [-0.25, -0.2) is 12.8 Å². The van der Waals surface area contributed by atoms with Gasteiger partial charge in [-0.15, -0.1) is 0 Å². The Labute approximate surface area is 169 Å². The third kappa shape index (κ3) is 5.84. The van der Waals surface area contributed by atoms with Crippen LogP contribution in [0.15, 0.2) is 42.5 Å². The number of amides is 1. The molecule has 1 amide bonds. The van der Waals surface area contributed by atoms with Gasteiger partial charge in [0.05, 0.1) is 29.6 Å². The molecule has 2 aromatic carbocycles. The number of carbonyl (C=O) groups excluding carboxylic acids is 1. The molecule has 0 saturated carbocycles. The number of rotatable bonds is 8. The molecule has 9 heteroatoms. The van der Waals surface area contributed by atoms with Crippen molar-refractivity contribution in [1.29, 1.82) is 0 Å². The SMILES string of the molecule is CCOc1ccc([C@H](C)NC(=O)CN(c2ccc(F)c(Cl)c2)S(C)(=O)=O)cc1. The summed E-state index contributed by atoms with van der Waals surface area (Å²) in [6.45, 7) is 3.77. The van der Waals surface area contributed by atoms with Crippen LogP contribution in [0.2, 0.25) is 5.02 Å². The van der Waals surface area contributed by atoms with E-state index in [4.69, 9.17) is 16.3 Å². The van der Waals surface area contributed by atoms with Crippen molar-refractivity contribution >= 4 is 33.2 Å². The second-order valence-corrected chi connectivity index (χ2v) is 8.47. The van der Waals surface area contributed by atoms with Crippen LogP contribution >= 0.6 is 11.6 Å². The second-order valence-electron chi connectivity index (χ2n) is 6.16. The van der Waals surface area contributed by atoms with Crippen LogP contribution in [0.5, 0.6) is 5.75 Å². The summed E-state index contributed by atoms with van der Waals surface area (Å²) in [5, 5.41) is 2.53. The molecule has 0 fully saturated rings. The van der Waals surface area contributed by atoms with Crippen LogP contribution in [-0.4, -0.2) is 33.7 Å². The largest absolute Gasteiger partial charge is 0.494 e. The number of hydrogen-bond donors (Lipinski definition) is 1. The molecule has 28 heavy (non-hydrogen) atoms. The van der Waals surface area contributed by atoms with Gasteiger partial charge in [0.1, 0.15) is 18.1 Å². The number of hydrogen-bond acceptors (Lipinski definition) is 4. The molecule has 0 aliphatic carbocycles. The maximum atomic E-state index is 13.4. The van der Waals surface area contributed by atoms with Gasteiger partial charge in [-0.1, -0.05) is 23.7 Å². The average Bonchev–Trinajstić information content (AvgIpc) is 2.62. The first-order chi connectivity index (χ1) is 13.1. The van der Waals surface area contributed by atoms with Gasteiger partial charge in [-0.3, -0.25) is 9.10 Å². The lowest BCUT2D eigenvalue weighted by Crippen LogP contribution is -2.41. The van der Waals surface area contributed by atoms with Crippen LogP contribution in [0, 0.1) is 5.82 Å². The van der Waals surface area contributed by atoms with Crippen LogP contribution in [-0.2, 0) is 14.8 Å². The minimum Gasteiger partial charge on any atom is -0.494 e. The predicted octanol–water partition coefficient (Wildman–Crippen LogP) is 3.52. The van der Waals surface area contributed by atoms with E-state index in [0.717, 1.165) is 27.9 Å². The van der Waals surface area contributed by atoms with Crippen molar-refractivity contribution in [3.63, 3.8) is 0 Å². The molecule has 152 valence electrons. The van der Waals surface area contributed by atoms with E-state index in [-0.39, 0.29) is 16.8 Å². The maximum absolute atomic E-state index is 13.4. The Morgan fingerprint density at radius 2 is 1.89 bits per heavy atom. The van der Waals surface area contributed by atoms with Crippen molar-refractivity contribution < 1.29 is 22.3 Å². The molecular formula is C19H22ClFN2O4S. The van der Waals surface area contributed by atoms with E-state index in [2.05, 4.69) is 5.32 Å². The van der Waals surface area contributed by atoms with Gasteiger partial charge < -0.3 is 10.1 Å². The van der Waals surface area contributed by atoms with E-state index < -0.39 is 28.3 Å². The van der Waals surface area contributed by atoms with Crippen molar-refractivity contribution in [2.45, 2.75) is 19.9 Å². The van der Waals surface area contributed by atoms with Crippen LogP contribution in [0.1, 0.15) is 25.5 Å². The first-order valence-electron chi connectivity index (χ1n) is 8.56. The van der Waals surface area contributed by atoms with Gasteiger partial charge in [0, 0.05) is 0 Å². The summed E-state index contributed by atoms with van der Waals surface area (Å²) < 4.78 is 43.9. The summed E-state index contributed by atoms with van der Waals surface area (Å²) in [5.41, 5.74) is 0.949. The van der Waals surface area contributed by atoms with E-state index >= 15 is 0 Å². The number of sulfonamides is 1. The van der Waals surface area contributed by atoms with Gasteiger partial charge in [0.2, 0.25) is 15.9 Å². The minimum atomic E-state index is -3.78. The van der Waals surface area contributed by atoms with E-state index in [1.165, 1.54) is 12.1 Å². The van der Waals surface area contributed by atoms with Crippen molar-refractivity contribution in [3.8, 4) is 5.75 Å². The molecule has 0 heterocycles. The number of halogens is 2. The maximum Gasteiger partial charge on any atom is 0.241 e. The Morgan fingerprint density at radius 3 is 2.43 bits per heavy atom. The Bertz CT molecular complexity index is 935. The molecule has 1 atom stereocenters. The number of benzene rings is 2. The highest BCUT2D eigenvalue weighted by Crippen LogP contribution is 2.24. The fourth-order valence-corrected chi connectivity index (χ4v) is 3.58.